The fraction of sp³-hybridized carbons (Fsp3) is 0.675. The summed E-state index contributed by atoms with van der Waals surface area (Å²) in [5.74, 6) is 1.33. The van der Waals surface area contributed by atoms with Crippen LogP contribution in [0.4, 0.5) is 5.69 Å². The first kappa shape index (κ1) is 35.6. The van der Waals surface area contributed by atoms with Crippen molar-refractivity contribution in [2.24, 2.45) is 28.0 Å². The lowest BCUT2D eigenvalue weighted by molar-refractivity contribution is -0.0546. The van der Waals surface area contributed by atoms with E-state index in [1.807, 2.05) is 32.2 Å². The summed E-state index contributed by atoms with van der Waals surface area (Å²) in [5, 5.41) is 10.2. The molecule has 4 aliphatic rings. The molecule has 2 aromatic rings. The summed E-state index contributed by atoms with van der Waals surface area (Å²) >= 11 is 0. The van der Waals surface area contributed by atoms with Gasteiger partial charge in [0.25, 0.3) is 5.91 Å². The van der Waals surface area contributed by atoms with E-state index in [0.717, 1.165) is 57.3 Å². The van der Waals surface area contributed by atoms with E-state index in [0.29, 0.717) is 42.5 Å². The van der Waals surface area contributed by atoms with E-state index in [1.165, 1.54) is 36.0 Å². The zero-order valence-electron chi connectivity index (χ0n) is 30.0. The van der Waals surface area contributed by atoms with Crippen LogP contribution in [0.1, 0.15) is 113 Å². The minimum Gasteiger partial charge on any atom is -0.390 e. The molecule has 3 aliphatic carbocycles. The first-order valence-electron chi connectivity index (χ1n) is 18.7. The van der Waals surface area contributed by atoms with Crippen molar-refractivity contribution < 1.29 is 18.8 Å². The fourth-order valence-electron chi connectivity index (χ4n) is 9.28. The van der Waals surface area contributed by atoms with Gasteiger partial charge in [-0.05, 0) is 130 Å². The molecule has 2 saturated carbocycles. The molecule has 0 saturated heterocycles. The van der Waals surface area contributed by atoms with Gasteiger partial charge in [0.2, 0.25) is 0 Å². The number of benzene rings is 2. The van der Waals surface area contributed by atoms with Crippen LogP contribution in [-0.2, 0) is 32.9 Å². The Morgan fingerprint density at radius 2 is 1.90 bits per heavy atom. The van der Waals surface area contributed by atoms with E-state index in [1.54, 1.807) is 0 Å². The smallest absolute Gasteiger partial charge is 0.286 e. The molecular formula is C40H59N3O4S. The van der Waals surface area contributed by atoms with Crippen LogP contribution in [0.5, 0.6) is 0 Å². The van der Waals surface area contributed by atoms with Crippen LogP contribution in [0.3, 0.4) is 0 Å². The monoisotopic (exact) mass is 677 g/mol. The topological polar surface area (TPSA) is 91.2 Å². The third-order valence-corrected chi connectivity index (χ3v) is 14.2. The molecule has 2 fully saturated rings. The Balaban J connectivity index is 1.34. The predicted octanol–water partition coefficient (Wildman–Crippen LogP) is 7.48. The first-order valence-corrected chi connectivity index (χ1v) is 20.3. The lowest BCUT2D eigenvalue weighted by Crippen LogP contribution is -2.48. The summed E-state index contributed by atoms with van der Waals surface area (Å²) in [6.07, 6.45) is 11.3. The lowest BCUT2D eigenvalue weighted by Gasteiger charge is -2.47. The third kappa shape index (κ3) is 8.03. The second-order valence-corrected chi connectivity index (χ2v) is 18.4. The van der Waals surface area contributed by atoms with E-state index in [2.05, 4.69) is 59.0 Å². The number of hydrogen-bond acceptors (Lipinski definition) is 5. The molecule has 0 aromatic heterocycles. The van der Waals surface area contributed by atoms with E-state index in [4.69, 9.17) is 4.74 Å². The standard InChI is InChI=1S/C40H59N3O4S/c1-6-29-15-18-36-31(20-29)12-9-19-39(36,3)27-43-25-33-16-17-35(33)37(47-5)14-7-10-28(2)26-48(46,41-24-30-22-40(4,45)23-30)42-38(44)32-11-8-13-34(43)21-32/h8,11,13,15,18,20-21,28,30,33,35,37,45H,6-7,9-10,12,14,16-17,19,22-27H2,1-5H3,(H,41,42,44,46)/t28-,30?,33-,35+,37-,39-,40?,48?/m0/s1. The van der Waals surface area contributed by atoms with Crippen LogP contribution in [0.15, 0.2) is 46.8 Å². The number of nitrogens with one attached hydrogen (secondary N) is 1. The molecule has 1 aliphatic heterocycles. The quantitative estimate of drug-likeness (QED) is 0.317. The number of aryl methyl sites for hydroxylation is 2. The van der Waals surface area contributed by atoms with Gasteiger partial charge in [-0.3, -0.25) is 4.79 Å². The van der Waals surface area contributed by atoms with Gasteiger partial charge in [-0.1, -0.05) is 51.5 Å². The Hall–Kier alpha value is -2.26. The number of methoxy groups -OCH3 is 1. The highest BCUT2D eigenvalue weighted by Crippen LogP contribution is 2.44. The van der Waals surface area contributed by atoms with Crippen LogP contribution in [0, 0.1) is 23.7 Å². The molecule has 1 unspecified atom stereocenters. The van der Waals surface area contributed by atoms with Crippen LogP contribution in [0.2, 0.25) is 0 Å². The van der Waals surface area contributed by atoms with Crippen molar-refractivity contribution >= 4 is 21.5 Å². The van der Waals surface area contributed by atoms with Gasteiger partial charge in [-0.15, -0.1) is 4.36 Å². The minimum atomic E-state index is -3.01. The zero-order chi connectivity index (χ0) is 34.1. The van der Waals surface area contributed by atoms with E-state index >= 15 is 0 Å². The van der Waals surface area contributed by atoms with E-state index < -0.39 is 21.4 Å². The highest BCUT2D eigenvalue weighted by Gasteiger charge is 2.41. The van der Waals surface area contributed by atoms with Crippen LogP contribution in [-0.4, -0.2) is 59.4 Å². The van der Waals surface area contributed by atoms with Crippen LogP contribution < -0.4 is 9.62 Å². The largest absolute Gasteiger partial charge is 0.390 e. The maximum Gasteiger partial charge on any atom is 0.286 e. The molecule has 8 heteroatoms. The van der Waals surface area contributed by atoms with Crippen LogP contribution >= 0.6 is 0 Å². The molecule has 6 atom stereocenters. The number of carbonyl (C=O) groups excluding carboxylic acids is 1. The number of carbonyl (C=O) groups is 1. The Kier molecular flexibility index (Phi) is 10.8. The Labute approximate surface area is 289 Å². The molecule has 1 heterocycles. The first-order chi connectivity index (χ1) is 22.9. The van der Waals surface area contributed by atoms with Gasteiger partial charge >= 0.3 is 0 Å². The molecular weight excluding hydrogens is 619 g/mol. The minimum absolute atomic E-state index is 0.00840. The molecule has 0 radical (unpaired) electrons. The number of hydrogen-bond donors (Lipinski definition) is 2. The molecule has 2 N–H and O–H groups in total. The molecule has 0 spiro atoms. The molecule has 2 bridgehead atoms. The van der Waals surface area contributed by atoms with E-state index in [-0.39, 0.29) is 23.4 Å². The normalized spacial score (nSPS) is 35.8. The maximum atomic E-state index is 14.4. The van der Waals surface area contributed by atoms with E-state index in [9.17, 15) is 14.1 Å². The highest BCUT2D eigenvalue weighted by molar-refractivity contribution is 7.92. The summed E-state index contributed by atoms with van der Waals surface area (Å²) < 4.78 is 28.3. The Morgan fingerprint density at radius 3 is 2.60 bits per heavy atom. The molecule has 6 rings (SSSR count). The molecule has 264 valence electrons. The zero-order valence-corrected chi connectivity index (χ0v) is 30.8. The van der Waals surface area contributed by atoms with Crippen molar-refractivity contribution in [3.05, 3.63) is 64.7 Å². The van der Waals surface area contributed by atoms with Gasteiger partial charge in [0.15, 0.2) is 0 Å². The summed E-state index contributed by atoms with van der Waals surface area (Å²) in [7, 11) is -1.14. The number of ether oxygens (including phenoxy) is 1. The maximum absolute atomic E-state index is 14.4. The molecule has 1 amide bonds. The summed E-state index contributed by atoms with van der Waals surface area (Å²) in [4.78, 5) is 16.4. The number of fused-ring (bicyclic) bond motifs is 4. The fourth-order valence-corrected chi connectivity index (χ4v) is 11.3. The van der Waals surface area contributed by atoms with Crippen molar-refractivity contribution in [2.75, 3.05) is 37.4 Å². The summed E-state index contributed by atoms with van der Waals surface area (Å²) in [6.45, 7) is 10.9. The van der Waals surface area contributed by atoms with Gasteiger partial charge in [-0.2, -0.15) is 0 Å². The Bertz CT molecular complexity index is 1570. The van der Waals surface area contributed by atoms with Gasteiger partial charge in [0.1, 0.15) is 9.92 Å². The highest BCUT2D eigenvalue weighted by atomic mass is 32.2. The van der Waals surface area contributed by atoms with Crippen molar-refractivity contribution in [3.63, 3.8) is 0 Å². The van der Waals surface area contributed by atoms with Gasteiger partial charge < -0.3 is 14.7 Å². The predicted molar refractivity (Wildman–Crippen MR) is 196 cm³/mol. The van der Waals surface area contributed by atoms with Gasteiger partial charge in [0.05, 0.1) is 11.7 Å². The molecule has 7 nitrogen and oxygen atoms in total. The summed E-state index contributed by atoms with van der Waals surface area (Å²) in [5.41, 5.74) is 5.21. The second-order valence-electron chi connectivity index (χ2n) is 16.3. The number of aliphatic hydroxyl groups is 1. The van der Waals surface area contributed by atoms with Crippen molar-refractivity contribution in [2.45, 2.75) is 115 Å². The number of amides is 1. The van der Waals surface area contributed by atoms with Gasteiger partial charge in [0, 0.05) is 49.2 Å². The molecule has 48 heavy (non-hydrogen) atoms. The average molecular weight is 678 g/mol. The number of anilines is 1. The van der Waals surface area contributed by atoms with Crippen molar-refractivity contribution in [1.29, 1.82) is 0 Å². The summed E-state index contributed by atoms with van der Waals surface area (Å²) in [6, 6.07) is 15.0. The number of nitrogens with zero attached hydrogens (tertiary/aromatic N) is 2. The number of rotatable bonds is 7. The van der Waals surface area contributed by atoms with Crippen LogP contribution in [0.25, 0.3) is 0 Å². The van der Waals surface area contributed by atoms with Crippen molar-refractivity contribution in [3.8, 4) is 0 Å². The van der Waals surface area contributed by atoms with Gasteiger partial charge in [-0.25, -0.2) is 8.93 Å². The lowest BCUT2D eigenvalue weighted by atomic mass is 9.68. The Morgan fingerprint density at radius 1 is 1.08 bits per heavy atom. The molecule has 2 aromatic carbocycles. The third-order valence-electron chi connectivity index (χ3n) is 12.1. The second kappa shape index (κ2) is 14.5. The SMILES string of the molecule is CCc1ccc2c(c1)CCC[C@@]2(C)CN1C[C@@H]2CC[C@H]2[C@@H](OC)CCC[C@H](C)CS(=O)(NCC2CC(C)(O)C2)=NC(=O)c2cccc1c2. The van der Waals surface area contributed by atoms with Crippen molar-refractivity contribution in [1.82, 2.24) is 4.72 Å². The average Bonchev–Trinajstić information content (AvgIpc) is 3.03.